The van der Waals surface area contributed by atoms with Crippen LogP contribution in [-0.4, -0.2) is 10.7 Å². The van der Waals surface area contributed by atoms with Gasteiger partial charge in [-0.2, -0.15) is 0 Å². The van der Waals surface area contributed by atoms with Gasteiger partial charge in [0.2, 0.25) is 5.12 Å². The molecule has 1 heterocycles. The van der Waals surface area contributed by atoms with E-state index in [0.717, 1.165) is 15.7 Å². The topological polar surface area (TPSA) is 29.4 Å². The lowest BCUT2D eigenvalue weighted by molar-refractivity contribution is 0.108. The summed E-state index contributed by atoms with van der Waals surface area (Å²) in [6.07, 6.45) is 0. The maximum atomic E-state index is 12.6. The van der Waals surface area contributed by atoms with Crippen LogP contribution >= 0.6 is 38.4 Å². The molecule has 2 aromatic rings. The summed E-state index contributed by atoms with van der Waals surface area (Å²) in [5.41, 5.74) is 4.37. The summed E-state index contributed by atoms with van der Waals surface area (Å²) < 4.78 is 0.820. The highest BCUT2D eigenvalue weighted by molar-refractivity contribution is 9.10. The number of hydrogen-bond donors (Lipinski definition) is 1. The number of carbonyl (C=O) groups excluding carboxylic acids is 1. The number of halogens is 2. The van der Waals surface area contributed by atoms with Crippen molar-refractivity contribution in [1.29, 1.82) is 0 Å². The summed E-state index contributed by atoms with van der Waals surface area (Å²) in [5.74, 6) is 0.704. The second kappa shape index (κ2) is 5.72. The van der Waals surface area contributed by atoms with Crippen molar-refractivity contribution in [2.24, 2.45) is 4.99 Å². The van der Waals surface area contributed by atoms with Crippen molar-refractivity contribution in [3.63, 3.8) is 0 Å². The molecule has 0 radical (unpaired) electrons. The van der Waals surface area contributed by atoms with E-state index in [9.17, 15) is 4.79 Å². The average Bonchev–Trinajstić information content (AvgIpc) is 2.44. The molecular formula is C15H11BrClNOS. The highest BCUT2D eigenvalue weighted by atomic mass is 79.9. The van der Waals surface area contributed by atoms with E-state index in [1.165, 1.54) is 0 Å². The van der Waals surface area contributed by atoms with E-state index >= 15 is 0 Å². The fourth-order valence-electron chi connectivity index (χ4n) is 2.06. The summed E-state index contributed by atoms with van der Waals surface area (Å²) in [6.45, 7) is 0. The number of aliphatic imine (C=N–C) groups is 1. The molecule has 0 fully saturated rings. The van der Waals surface area contributed by atoms with Crippen LogP contribution in [-0.2, 0) is 5.75 Å². The second-order valence-corrected chi connectivity index (χ2v) is 7.62. The molecule has 20 heavy (non-hydrogen) atoms. The van der Waals surface area contributed by atoms with Crippen LogP contribution in [0.25, 0.3) is 0 Å². The van der Waals surface area contributed by atoms with Crippen molar-refractivity contribution in [2.45, 2.75) is 5.75 Å². The Morgan fingerprint density at radius 2 is 1.90 bits per heavy atom. The largest absolute Gasteiger partial charge is 0.283 e. The molecule has 1 atom stereocenters. The molecule has 1 aliphatic heterocycles. The van der Waals surface area contributed by atoms with Crippen molar-refractivity contribution >= 4 is 54.8 Å². The number of benzene rings is 2. The Labute approximate surface area is 133 Å². The van der Waals surface area contributed by atoms with Crippen LogP contribution in [0, 0.1) is 0 Å². The van der Waals surface area contributed by atoms with Gasteiger partial charge in [-0.25, -0.2) is 0 Å². The van der Waals surface area contributed by atoms with Crippen LogP contribution in [0.4, 0.5) is 5.69 Å². The molecule has 0 aromatic heterocycles. The molecule has 5 heteroatoms. The molecule has 0 amide bonds. The number of rotatable bonds is 2. The summed E-state index contributed by atoms with van der Waals surface area (Å²) >= 11 is 9.32. The van der Waals surface area contributed by atoms with Gasteiger partial charge in [0.1, 0.15) is 0 Å². The molecule has 0 N–H and O–H groups in total. The SMILES string of the molecule is O=C1c2c(Br)cccc2N=C[SH]1Cc1ccc(Cl)cc1. The Hall–Kier alpha value is -1.10. The average molecular weight is 369 g/mol. The number of nitrogens with zero attached hydrogens (tertiary/aromatic N) is 1. The number of thiol groups is 1. The van der Waals surface area contributed by atoms with Gasteiger partial charge in [0.05, 0.1) is 11.3 Å². The smallest absolute Gasteiger partial charge is 0.208 e. The molecule has 1 aliphatic rings. The zero-order valence-corrected chi connectivity index (χ0v) is 13.6. The molecule has 0 aliphatic carbocycles. The number of fused-ring (bicyclic) bond motifs is 1. The van der Waals surface area contributed by atoms with E-state index in [1.807, 2.05) is 42.5 Å². The lowest BCUT2D eigenvalue weighted by atomic mass is 10.2. The Balaban J connectivity index is 1.89. The van der Waals surface area contributed by atoms with Crippen molar-refractivity contribution in [3.8, 4) is 0 Å². The molecule has 0 spiro atoms. The van der Waals surface area contributed by atoms with Gasteiger partial charge in [-0.3, -0.25) is 9.79 Å². The van der Waals surface area contributed by atoms with E-state index in [4.69, 9.17) is 11.6 Å². The third kappa shape index (κ3) is 2.68. The third-order valence-electron chi connectivity index (χ3n) is 3.07. The van der Waals surface area contributed by atoms with E-state index in [1.54, 1.807) is 5.55 Å². The van der Waals surface area contributed by atoms with Crippen LogP contribution in [0.5, 0.6) is 0 Å². The summed E-state index contributed by atoms with van der Waals surface area (Å²) in [6, 6.07) is 13.3. The molecule has 1 unspecified atom stereocenters. The van der Waals surface area contributed by atoms with Gasteiger partial charge in [0.15, 0.2) is 0 Å². The first-order chi connectivity index (χ1) is 9.65. The summed E-state index contributed by atoms with van der Waals surface area (Å²) in [4.78, 5) is 17.0. The first-order valence-corrected chi connectivity index (χ1v) is 8.80. The van der Waals surface area contributed by atoms with Gasteiger partial charge in [-0.05, 0) is 45.8 Å². The van der Waals surface area contributed by atoms with Crippen LogP contribution in [0.15, 0.2) is 51.9 Å². The van der Waals surface area contributed by atoms with E-state index in [2.05, 4.69) is 20.9 Å². The highest BCUT2D eigenvalue weighted by Crippen LogP contribution is 2.42. The molecular weight excluding hydrogens is 358 g/mol. The van der Waals surface area contributed by atoms with Gasteiger partial charge in [0, 0.05) is 20.8 Å². The first-order valence-electron chi connectivity index (χ1n) is 6.03. The Bertz CT molecular complexity index is 700. The van der Waals surface area contributed by atoms with Crippen molar-refractivity contribution in [3.05, 3.63) is 63.1 Å². The molecule has 102 valence electrons. The molecule has 0 saturated heterocycles. The Morgan fingerprint density at radius 1 is 1.15 bits per heavy atom. The minimum atomic E-state index is -0.925. The lowest BCUT2D eigenvalue weighted by Gasteiger charge is -2.21. The van der Waals surface area contributed by atoms with Crippen LogP contribution in [0.1, 0.15) is 15.9 Å². The van der Waals surface area contributed by atoms with Gasteiger partial charge in [-0.1, -0.05) is 29.8 Å². The van der Waals surface area contributed by atoms with E-state index < -0.39 is 10.9 Å². The molecule has 0 saturated carbocycles. The first kappa shape index (κ1) is 13.9. The van der Waals surface area contributed by atoms with Crippen molar-refractivity contribution < 1.29 is 4.79 Å². The summed E-state index contributed by atoms with van der Waals surface area (Å²) in [5, 5.41) is 0.880. The minimum absolute atomic E-state index is 0.174. The van der Waals surface area contributed by atoms with Crippen molar-refractivity contribution in [2.75, 3.05) is 0 Å². The molecule has 0 bridgehead atoms. The quantitative estimate of drug-likeness (QED) is 0.733. The molecule has 2 aromatic carbocycles. The normalized spacial score (nSPS) is 18.9. The molecule has 2 nitrogen and oxygen atoms in total. The fourth-order valence-corrected chi connectivity index (χ4v) is 4.59. The zero-order valence-electron chi connectivity index (χ0n) is 10.4. The maximum absolute atomic E-state index is 12.6. The molecule has 3 rings (SSSR count). The monoisotopic (exact) mass is 367 g/mol. The Morgan fingerprint density at radius 3 is 2.65 bits per heavy atom. The second-order valence-electron chi connectivity index (χ2n) is 4.44. The van der Waals surface area contributed by atoms with Crippen LogP contribution in [0.3, 0.4) is 0 Å². The zero-order chi connectivity index (χ0) is 14.1. The fraction of sp³-hybridized carbons (Fsp3) is 0.0667. The predicted octanol–water partition coefficient (Wildman–Crippen LogP) is 5.12. The van der Waals surface area contributed by atoms with Crippen LogP contribution < -0.4 is 0 Å². The number of carbonyl (C=O) groups is 1. The van der Waals surface area contributed by atoms with Gasteiger partial charge in [-0.15, -0.1) is 10.9 Å². The van der Waals surface area contributed by atoms with Gasteiger partial charge < -0.3 is 0 Å². The predicted molar refractivity (Wildman–Crippen MR) is 90.8 cm³/mol. The third-order valence-corrected chi connectivity index (χ3v) is 5.83. The van der Waals surface area contributed by atoms with Crippen molar-refractivity contribution in [1.82, 2.24) is 0 Å². The van der Waals surface area contributed by atoms with Crippen LogP contribution in [0.2, 0.25) is 5.02 Å². The number of hydrogen-bond acceptors (Lipinski definition) is 2. The summed E-state index contributed by atoms with van der Waals surface area (Å²) in [7, 11) is -0.925. The standard InChI is InChI=1S/C15H11BrClNOS/c16-12-2-1-3-13-14(12)15(19)20(9-18-13)8-10-4-6-11(17)7-5-10/h1-7,9,20H,8H2. The highest BCUT2D eigenvalue weighted by Gasteiger charge is 2.24. The maximum Gasteiger partial charge on any atom is 0.208 e. The lowest BCUT2D eigenvalue weighted by Crippen LogP contribution is -2.08. The van der Waals surface area contributed by atoms with E-state index in [0.29, 0.717) is 16.3 Å². The minimum Gasteiger partial charge on any atom is -0.283 e. The van der Waals surface area contributed by atoms with Gasteiger partial charge >= 0.3 is 0 Å². The Kier molecular flexibility index (Phi) is 3.96. The van der Waals surface area contributed by atoms with Gasteiger partial charge in [0.25, 0.3) is 0 Å². The van der Waals surface area contributed by atoms with E-state index in [-0.39, 0.29) is 5.12 Å².